The summed E-state index contributed by atoms with van der Waals surface area (Å²) in [5.74, 6) is 0.0266. The molecule has 22 heavy (non-hydrogen) atoms. The molecular formula is C9H15Br2N6O4P. The first-order valence-electron chi connectivity index (χ1n) is 6.04. The first-order valence-corrected chi connectivity index (χ1v) is 9.90. The molecule has 2 N–H and O–H groups in total. The number of imidazole rings is 1. The van der Waals surface area contributed by atoms with E-state index in [1.54, 1.807) is 0 Å². The second-order valence-electron chi connectivity index (χ2n) is 3.85. The van der Waals surface area contributed by atoms with Gasteiger partial charge in [-0.25, -0.2) is 24.3 Å². The number of alkyl halides is 2. The van der Waals surface area contributed by atoms with Crippen molar-refractivity contribution in [3.63, 3.8) is 0 Å². The van der Waals surface area contributed by atoms with E-state index in [-0.39, 0.29) is 11.6 Å². The molecule has 10 nitrogen and oxygen atoms in total. The number of aromatic nitrogens is 2. The van der Waals surface area contributed by atoms with Crippen LogP contribution in [0.3, 0.4) is 0 Å². The summed E-state index contributed by atoms with van der Waals surface area (Å²) in [5.41, 5.74) is 0. The van der Waals surface area contributed by atoms with Crippen molar-refractivity contribution in [2.45, 2.75) is 0 Å². The Hall–Kier alpha value is -0.810. The fourth-order valence-electron chi connectivity index (χ4n) is 1.33. The van der Waals surface area contributed by atoms with Crippen LogP contribution in [0.5, 0.6) is 0 Å². The third-order valence-corrected chi connectivity index (χ3v) is 4.74. The summed E-state index contributed by atoms with van der Waals surface area (Å²) in [6.45, 7) is 0.825. The Bertz CT molecular complexity index is 568. The van der Waals surface area contributed by atoms with Gasteiger partial charge >= 0.3 is 13.5 Å². The Labute approximate surface area is 143 Å². The van der Waals surface area contributed by atoms with Crippen molar-refractivity contribution in [1.82, 2.24) is 19.7 Å². The van der Waals surface area contributed by atoms with Crippen LogP contribution in [0.2, 0.25) is 0 Å². The van der Waals surface area contributed by atoms with Gasteiger partial charge < -0.3 is 14.7 Å². The van der Waals surface area contributed by atoms with E-state index in [4.69, 9.17) is 4.62 Å². The fraction of sp³-hybridized carbons (Fsp3) is 0.556. The van der Waals surface area contributed by atoms with E-state index >= 15 is 0 Å². The molecular weight excluding hydrogens is 447 g/mol. The van der Waals surface area contributed by atoms with Crippen LogP contribution in [0.4, 0.5) is 5.82 Å². The van der Waals surface area contributed by atoms with Crippen molar-refractivity contribution >= 4 is 51.6 Å². The van der Waals surface area contributed by atoms with E-state index < -0.39 is 12.6 Å². The Kier molecular flexibility index (Phi) is 8.18. The van der Waals surface area contributed by atoms with Gasteiger partial charge in [0, 0.05) is 23.7 Å². The van der Waals surface area contributed by atoms with Crippen molar-refractivity contribution in [3.05, 3.63) is 22.1 Å². The Morgan fingerprint density at radius 1 is 1.50 bits per heavy atom. The lowest BCUT2D eigenvalue weighted by atomic mass is 10.6. The molecule has 0 unspecified atom stereocenters. The predicted octanol–water partition coefficient (Wildman–Crippen LogP) is 1.76. The number of hydrogen-bond acceptors (Lipinski definition) is 6. The van der Waals surface area contributed by atoms with E-state index in [1.807, 2.05) is 0 Å². The second kappa shape index (κ2) is 9.36. The second-order valence-corrected chi connectivity index (χ2v) is 7.34. The minimum absolute atomic E-state index is 0.181. The molecule has 0 spiro atoms. The maximum Gasteiger partial charge on any atom is 0.411 e. The first-order chi connectivity index (χ1) is 10.4. The molecule has 0 saturated heterocycles. The zero-order valence-electron chi connectivity index (χ0n) is 11.6. The largest absolute Gasteiger partial charge is 0.411 e. The average Bonchev–Trinajstić information content (AvgIpc) is 2.85. The summed E-state index contributed by atoms with van der Waals surface area (Å²) in [7, 11) is -1.88. The minimum Gasteiger partial charge on any atom is -0.358 e. The van der Waals surface area contributed by atoms with Gasteiger partial charge in [-0.1, -0.05) is 37.0 Å². The zero-order valence-corrected chi connectivity index (χ0v) is 15.7. The summed E-state index contributed by atoms with van der Waals surface area (Å²) in [6, 6.07) is 0. The fourth-order valence-corrected chi connectivity index (χ4v) is 3.56. The summed E-state index contributed by atoms with van der Waals surface area (Å²) < 4.78 is 18.6. The molecule has 1 aromatic rings. The molecule has 0 bridgehead atoms. The van der Waals surface area contributed by atoms with E-state index in [0.717, 1.165) is 12.4 Å². The molecule has 13 heteroatoms. The van der Waals surface area contributed by atoms with Crippen LogP contribution in [0.1, 0.15) is 5.82 Å². The van der Waals surface area contributed by atoms with Crippen molar-refractivity contribution in [2.75, 3.05) is 23.7 Å². The van der Waals surface area contributed by atoms with Crippen LogP contribution in [-0.2, 0) is 16.2 Å². The molecule has 1 aromatic heterocycles. The highest BCUT2D eigenvalue weighted by Crippen LogP contribution is 2.37. The van der Waals surface area contributed by atoms with Crippen LogP contribution < -0.4 is 10.2 Å². The lowest BCUT2D eigenvalue weighted by molar-refractivity contribution is -0.391. The average molecular weight is 462 g/mol. The first kappa shape index (κ1) is 19.2. The Morgan fingerprint density at radius 3 is 2.55 bits per heavy atom. The molecule has 1 heterocycles. The van der Waals surface area contributed by atoms with E-state index in [0.29, 0.717) is 23.7 Å². The monoisotopic (exact) mass is 460 g/mol. The third kappa shape index (κ3) is 5.76. The van der Waals surface area contributed by atoms with Gasteiger partial charge in [-0.05, 0) is 4.92 Å². The van der Waals surface area contributed by atoms with Crippen LogP contribution in [-0.4, -0.2) is 44.4 Å². The Balaban J connectivity index is 2.75. The summed E-state index contributed by atoms with van der Waals surface area (Å²) in [4.78, 5) is 14.0. The highest BCUT2D eigenvalue weighted by Gasteiger charge is 2.23. The molecule has 0 aliphatic heterocycles. The van der Waals surface area contributed by atoms with E-state index in [9.17, 15) is 14.7 Å². The molecule has 0 fully saturated rings. The lowest BCUT2D eigenvalue weighted by Gasteiger charge is -2.16. The predicted molar refractivity (Wildman–Crippen MR) is 89.7 cm³/mol. The quantitative estimate of drug-likeness (QED) is 0.179. The number of nitrogens with zero attached hydrogens (tertiary/aromatic N) is 4. The van der Waals surface area contributed by atoms with Crippen LogP contribution in [0.25, 0.3) is 0 Å². The molecule has 0 amide bonds. The van der Waals surface area contributed by atoms with Gasteiger partial charge in [0.25, 0.3) is 0 Å². The standard InChI is InChI=1S/C9H15Br2N6O4P/c1-16-8(12-7-9(16)17(18)19)6-13-21-22(20,14-4-2-10)15-5-3-11/h6-7H,2-5H2,1H3,(H2,14,15,20)/b13-6+. The number of halogens is 2. The van der Waals surface area contributed by atoms with Gasteiger partial charge in [-0.2, -0.15) is 0 Å². The summed E-state index contributed by atoms with van der Waals surface area (Å²) >= 11 is 6.42. The Morgan fingerprint density at radius 2 is 2.09 bits per heavy atom. The number of hydrogen-bond donors (Lipinski definition) is 2. The number of rotatable bonds is 10. The maximum atomic E-state index is 12.4. The summed E-state index contributed by atoms with van der Waals surface area (Å²) in [6.07, 6.45) is 2.26. The molecule has 0 aromatic carbocycles. The molecule has 0 saturated carbocycles. The van der Waals surface area contributed by atoms with Gasteiger partial charge in [-0.15, -0.1) is 0 Å². The number of oxime groups is 1. The lowest BCUT2D eigenvalue weighted by Crippen LogP contribution is -2.26. The maximum absolute atomic E-state index is 12.4. The molecule has 0 atom stereocenters. The van der Waals surface area contributed by atoms with E-state index in [1.165, 1.54) is 11.6 Å². The van der Waals surface area contributed by atoms with Gasteiger partial charge in [0.15, 0.2) is 0 Å². The van der Waals surface area contributed by atoms with Crippen molar-refractivity contribution in [3.8, 4) is 0 Å². The van der Waals surface area contributed by atoms with Crippen LogP contribution in [0, 0.1) is 10.1 Å². The van der Waals surface area contributed by atoms with Crippen LogP contribution in [0.15, 0.2) is 11.4 Å². The third-order valence-electron chi connectivity index (χ3n) is 2.35. The molecule has 1 rings (SSSR count). The molecule has 0 radical (unpaired) electrons. The molecule has 0 aliphatic rings. The van der Waals surface area contributed by atoms with E-state index in [2.05, 4.69) is 52.2 Å². The highest BCUT2D eigenvalue weighted by atomic mass is 79.9. The smallest absolute Gasteiger partial charge is 0.358 e. The van der Waals surface area contributed by atoms with Gasteiger partial charge in [0.05, 0.1) is 7.05 Å². The SMILES string of the molecule is Cn1c([N+](=O)[O-])cnc1/C=N/OP(=O)(NCCBr)NCCBr. The summed E-state index contributed by atoms with van der Waals surface area (Å²) in [5, 5.41) is 20.9. The highest BCUT2D eigenvalue weighted by molar-refractivity contribution is 9.09. The molecule has 0 aliphatic carbocycles. The molecule has 124 valence electrons. The normalized spacial score (nSPS) is 12.0. The van der Waals surface area contributed by atoms with Gasteiger partial charge in [0.1, 0.15) is 12.4 Å². The number of nitro groups is 1. The van der Waals surface area contributed by atoms with Crippen molar-refractivity contribution < 1.29 is 14.1 Å². The van der Waals surface area contributed by atoms with Crippen molar-refractivity contribution in [1.29, 1.82) is 0 Å². The van der Waals surface area contributed by atoms with Crippen molar-refractivity contribution in [2.24, 2.45) is 12.2 Å². The van der Waals surface area contributed by atoms with Crippen LogP contribution >= 0.6 is 39.5 Å². The van der Waals surface area contributed by atoms with Gasteiger partial charge in [0.2, 0.25) is 5.82 Å². The minimum atomic E-state index is -3.35. The zero-order chi connectivity index (χ0) is 16.6. The van der Waals surface area contributed by atoms with Gasteiger partial charge in [-0.3, -0.25) is 0 Å². The number of nitrogens with one attached hydrogen (secondary N) is 2. The topological polar surface area (TPSA) is 124 Å².